The van der Waals surface area contributed by atoms with Gasteiger partial charge in [-0.3, -0.25) is 0 Å². The second kappa shape index (κ2) is 4.84. The molecule has 0 saturated carbocycles. The van der Waals surface area contributed by atoms with E-state index in [1.807, 2.05) is 0 Å². The SMILES string of the molecule is O=C1NCCN1S(=O)(=O)CCCCCl. The first-order valence-electron chi connectivity index (χ1n) is 4.42. The van der Waals surface area contributed by atoms with Crippen LogP contribution in [0.3, 0.4) is 0 Å². The summed E-state index contributed by atoms with van der Waals surface area (Å²) < 4.78 is 24.0. The molecule has 0 bridgehead atoms. The topological polar surface area (TPSA) is 66.5 Å². The maximum absolute atomic E-state index is 11.5. The summed E-state index contributed by atoms with van der Waals surface area (Å²) in [4.78, 5) is 11.1. The highest BCUT2D eigenvalue weighted by molar-refractivity contribution is 7.89. The largest absolute Gasteiger partial charge is 0.335 e. The molecular weight excluding hydrogens is 228 g/mol. The molecule has 0 unspecified atom stereocenters. The first kappa shape index (κ1) is 11.6. The first-order chi connectivity index (χ1) is 6.58. The number of nitrogens with zero attached hydrogens (tertiary/aromatic N) is 1. The van der Waals surface area contributed by atoms with Crippen molar-refractivity contribution in [1.29, 1.82) is 0 Å². The Kier molecular flexibility index (Phi) is 4.00. The van der Waals surface area contributed by atoms with Crippen LogP contribution in [0.4, 0.5) is 4.79 Å². The van der Waals surface area contributed by atoms with Gasteiger partial charge >= 0.3 is 6.03 Å². The van der Waals surface area contributed by atoms with Crippen molar-refractivity contribution in [3.05, 3.63) is 0 Å². The lowest BCUT2D eigenvalue weighted by Crippen LogP contribution is -2.35. The zero-order valence-electron chi connectivity index (χ0n) is 7.70. The number of sulfonamides is 1. The summed E-state index contributed by atoms with van der Waals surface area (Å²) in [5.74, 6) is 0.439. The standard InChI is InChI=1S/C7H13ClN2O3S/c8-3-1-2-6-14(12,13)10-5-4-9-7(10)11/h1-6H2,(H,9,11). The van der Waals surface area contributed by atoms with Crippen molar-refractivity contribution in [2.24, 2.45) is 0 Å². The van der Waals surface area contributed by atoms with Crippen LogP contribution in [0, 0.1) is 0 Å². The highest BCUT2D eigenvalue weighted by Crippen LogP contribution is 2.08. The maximum Gasteiger partial charge on any atom is 0.331 e. The molecule has 0 aliphatic carbocycles. The Morgan fingerprint density at radius 2 is 2.14 bits per heavy atom. The molecule has 1 fully saturated rings. The van der Waals surface area contributed by atoms with E-state index in [2.05, 4.69) is 5.32 Å². The van der Waals surface area contributed by atoms with E-state index in [1.165, 1.54) is 0 Å². The van der Waals surface area contributed by atoms with Crippen LogP contribution >= 0.6 is 11.6 Å². The number of hydrogen-bond donors (Lipinski definition) is 1. The van der Waals surface area contributed by atoms with E-state index in [-0.39, 0.29) is 12.3 Å². The van der Waals surface area contributed by atoms with Crippen molar-refractivity contribution in [3.8, 4) is 0 Å². The van der Waals surface area contributed by atoms with Crippen LogP contribution in [0.2, 0.25) is 0 Å². The van der Waals surface area contributed by atoms with Crippen LogP contribution in [-0.4, -0.2) is 43.5 Å². The molecule has 82 valence electrons. The summed E-state index contributed by atoms with van der Waals surface area (Å²) in [6, 6.07) is -0.518. The van der Waals surface area contributed by atoms with Crippen LogP contribution in [0.25, 0.3) is 0 Å². The van der Waals surface area contributed by atoms with Gasteiger partial charge in [0, 0.05) is 12.4 Å². The zero-order valence-corrected chi connectivity index (χ0v) is 9.27. The van der Waals surface area contributed by atoms with Gasteiger partial charge in [-0.15, -0.1) is 11.6 Å². The third-order valence-corrected chi connectivity index (χ3v) is 4.03. The van der Waals surface area contributed by atoms with Crippen molar-refractivity contribution >= 4 is 27.7 Å². The smallest absolute Gasteiger partial charge is 0.331 e. The minimum Gasteiger partial charge on any atom is -0.335 e. The van der Waals surface area contributed by atoms with Gasteiger partial charge in [0.15, 0.2) is 0 Å². The number of carbonyl (C=O) groups is 1. The highest BCUT2D eigenvalue weighted by Gasteiger charge is 2.30. The molecule has 0 aromatic rings. The Balaban J connectivity index is 2.52. The maximum atomic E-state index is 11.5. The van der Waals surface area contributed by atoms with E-state index in [0.717, 1.165) is 4.31 Å². The average Bonchev–Trinajstić information content (AvgIpc) is 2.52. The number of urea groups is 1. The number of unbranched alkanes of at least 4 members (excludes halogenated alkanes) is 1. The predicted octanol–water partition coefficient (Wildman–Crippen LogP) is 0.360. The lowest BCUT2D eigenvalue weighted by atomic mass is 10.4. The Hall–Kier alpha value is -0.490. The fourth-order valence-electron chi connectivity index (χ4n) is 1.21. The van der Waals surface area contributed by atoms with Crippen LogP contribution < -0.4 is 5.32 Å². The molecule has 1 aliphatic rings. The molecule has 1 N–H and O–H groups in total. The summed E-state index contributed by atoms with van der Waals surface area (Å²) in [7, 11) is -3.42. The minimum absolute atomic E-state index is 0.00681. The molecule has 1 saturated heterocycles. The third kappa shape index (κ3) is 2.75. The van der Waals surface area contributed by atoms with Gasteiger partial charge in [0.1, 0.15) is 0 Å². The molecule has 0 aromatic carbocycles. The summed E-state index contributed by atoms with van der Waals surface area (Å²) in [6.45, 7) is 0.635. The Morgan fingerprint density at radius 1 is 1.43 bits per heavy atom. The van der Waals surface area contributed by atoms with Gasteiger partial charge in [-0.25, -0.2) is 17.5 Å². The lowest BCUT2D eigenvalue weighted by Gasteiger charge is -2.13. The van der Waals surface area contributed by atoms with Gasteiger partial charge in [0.05, 0.1) is 12.3 Å². The van der Waals surface area contributed by atoms with Crippen molar-refractivity contribution in [2.45, 2.75) is 12.8 Å². The second-order valence-corrected chi connectivity index (χ2v) is 5.41. The van der Waals surface area contributed by atoms with Crippen LogP contribution in [0.5, 0.6) is 0 Å². The highest BCUT2D eigenvalue weighted by atomic mass is 35.5. The number of rotatable bonds is 5. The van der Waals surface area contributed by atoms with Gasteiger partial charge in [0.2, 0.25) is 10.0 Å². The fourth-order valence-corrected chi connectivity index (χ4v) is 2.87. The molecule has 0 spiro atoms. The molecular formula is C7H13ClN2O3S. The normalized spacial score (nSPS) is 17.2. The van der Waals surface area contributed by atoms with Crippen LogP contribution in [-0.2, 0) is 10.0 Å². The summed E-state index contributed by atoms with van der Waals surface area (Å²) in [5.41, 5.74) is 0. The molecule has 7 heteroatoms. The summed E-state index contributed by atoms with van der Waals surface area (Å²) in [5, 5.41) is 2.45. The molecule has 0 aromatic heterocycles. The quantitative estimate of drug-likeness (QED) is 0.557. The van der Waals surface area contributed by atoms with Gasteiger partial charge in [-0.2, -0.15) is 0 Å². The van der Waals surface area contributed by atoms with Crippen molar-refractivity contribution in [1.82, 2.24) is 9.62 Å². The molecule has 14 heavy (non-hydrogen) atoms. The number of carbonyl (C=O) groups excluding carboxylic acids is 1. The van der Waals surface area contributed by atoms with E-state index in [4.69, 9.17) is 11.6 Å². The molecule has 0 radical (unpaired) electrons. The van der Waals surface area contributed by atoms with E-state index >= 15 is 0 Å². The molecule has 2 amide bonds. The van der Waals surface area contributed by atoms with E-state index in [0.29, 0.717) is 25.3 Å². The van der Waals surface area contributed by atoms with Gasteiger partial charge in [-0.05, 0) is 12.8 Å². The molecule has 1 rings (SSSR count). The fraction of sp³-hybridized carbons (Fsp3) is 0.857. The minimum atomic E-state index is -3.42. The number of halogens is 1. The Labute approximate surface area is 88.5 Å². The van der Waals surface area contributed by atoms with Crippen molar-refractivity contribution < 1.29 is 13.2 Å². The average molecular weight is 241 g/mol. The zero-order chi connectivity index (χ0) is 10.6. The van der Waals surface area contributed by atoms with E-state index < -0.39 is 16.1 Å². The van der Waals surface area contributed by atoms with Crippen molar-refractivity contribution in [3.63, 3.8) is 0 Å². The van der Waals surface area contributed by atoms with Crippen LogP contribution in [0.1, 0.15) is 12.8 Å². The number of nitrogens with one attached hydrogen (secondary N) is 1. The Morgan fingerprint density at radius 3 is 2.64 bits per heavy atom. The number of amides is 2. The predicted molar refractivity (Wildman–Crippen MR) is 53.8 cm³/mol. The molecule has 1 heterocycles. The monoisotopic (exact) mass is 240 g/mol. The van der Waals surface area contributed by atoms with E-state index in [9.17, 15) is 13.2 Å². The molecule has 5 nitrogen and oxygen atoms in total. The van der Waals surface area contributed by atoms with E-state index in [1.54, 1.807) is 0 Å². The second-order valence-electron chi connectivity index (χ2n) is 3.02. The molecule has 0 atom stereocenters. The lowest BCUT2D eigenvalue weighted by molar-refractivity contribution is 0.236. The number of hydrogen-bond acceptors (Lipinski definition) is 3. The first-order valence-corrected chi connectivity index (χ1v) is 6.56. The molecule has 1 aliphatic heterocycles. The number of alkyl halides is 1. The van der Waals surface area contributed by atoms with Gasteiger partial charge in [-0.1, -0.05) is 0 Å². The third-order valence-electron chi connectivity index (χ3n) is 1.94. The summed E-state index contributed by atoms with van der Waals surface area (Å²) >= 11 is 5.43. The van der Waals surface area contributed by atoms with Gasteiger partial charge in [0.25, 0.3) is 0 Å². The Bertz CT molecular complexity index is 304. The summed E-state index contributed by atoms with van der Waals surface area (Å²) in [6.07, 6.45) is 1.14. The van der Waals surface area contributed by atoms with Crippen LogP contribution in [0.15, 0.2) is 0 Å². The van der Waals surface area contributed by atoms with Gasteiger partial charge < -0.3 is 5.32 Å². The van der Waals surface area contributed by atoms with Crippen molar-refractivity contribution in [2.75, 3.05) is 24.7 Å².